The highest BCUT2D eigenvalue weighted by Crippen LogP contribution is 2.21. The maximum atomic E-state index is 11.1. The second-order valence-electron chi connectivity index (χ2n) is 3.87. The first-order valence-corrected chi connectivity index (χ1v) is 6.97. The molecule has 104 valence electrons. The standard InChI is InChI=1S/C12H11N3O4S/c13-12(16)8-2-1-3-9(6-8)19-11-5-4-10(7-15-11)20(14,17)18/h1-7H,(H2,13,16)(H2,14,17,18). The number of nitrogens with zero attached hydrogens (tertiary/aromatic N) is 1. The maximum Gasteiger partial charge on any atom is 0.248 e. The minimum atomic E-state index is -3.79. The molecule has 0 saturated heterocycles. The molecule has 0 radical (unpaired) electrons. The summed E-state index contributed by atoms with van der Waals surface area (Å²) < 4.78 is 27.5. The zero-order chi connectivity index (χ0) is 14.8. The van der Waals surface area contributed by atoms with Crippen LogP contribution in [0.5, 0.6) is 11.6 Å². The molecule has 0 spiro atoms. The first kappa shape index (κ1) is 14.0. The lowest BCUT2D eigenvalue weighted by atomic mass is 10.2. The highest BCUT2D eigenvalue weighted by atomic mass is 32.2. The Bertz CT molecular complexity index is 742. The van der Waals surface area contributed by atoms with Crippen molar-refractivity contribution < 1.29 is 17.9 Å². The van der Waals surface area contributed by atoms with Gasteiger partial charge in [0.2, 0.25) is 21.8 Å². The summed E-state index contributed by atoms with van der Waals surface area (Å²) in [7, 11) is -3.79. The lowest BCUT2D eigenvalue weighted by molar-refractivity contribution is 0.1000. The minimum Gasteiger partial charge on any atom is -0.439 e. The number of hydrogen-bond donors (Lipinski definition) is 2. The zero-order valence-electron chi connectivity index (χ0n) is 10.2. The molecular weight excluding hydrogens is 282 g/mol. The van der Waals surface area contributed by atoms with Crippen molar-refractivity contribution in [1.29, 1.82) is 0 Å². The molecular formula is C12H11N3O4S. The average molecular weight is 293 g/mol. The van der Waals surface area contributed by atoms with Gasteiger partial charge >= 0.3 is 0 Å². The maximum absolute atomic E-state index is 11.1. The summed E-state index contributed by atoms with van der Waals surface area (Å²) in [6.45, 7) is 0. The molecule has 2 aromatic rings. The van der Waals surface area contributed by atoms with Gasteiger partial charge in [-0.1, -0.05) is 6.07 Å². The number of carbonyl (C=O) groups excluding carboxylic acids is 1. The number of hydrogen-bond acceptors (Lipinski definition) is 5. The molecule has 2 rings (SSSR count). The van der Waals surface area contributed by atoms with E-state index in [1.54, 1.807) is 18.2 Å². The molecule has 1 amide bonds. The zero-order valence-corrected chi connectivity index (χ0v) is 11.0. The Morgan fingerprint density at radius 1 is 1.20 bits per heavy atom. The number of sulfonamides is 1. The van der Waals surface area contributed by atoms with Crippen LogP contribution in [0.4, 0.5) is 0 Å². The number of pyridine rings is 1. The van der Waals surface area contributed by atoms with Crippen LogP contribution in [0.2, 0.25) is 0 Å². The molecule has 8 heteroatoms. The van der Waals surface area contributed by atoms with Gasteiger partial charge in [-0.05, 0) is 24.3 Å². The summed E-state index contributed by atoms with van der Waals surface area (Å²) in [4.78, 5) is 14.7. The first-order chi connectivity index (χ1) is 9.36. The Kier molecular flexibility index (Phi) is 3.68. The summed E-state index contributed by atoms with van der Waals surface area (Å²) in [6.07, 6.45) is 1.09. The van der Waals surface area contributed by atoms with E-state index in [1.165, 1.54) is 18.2 Å². The van der Waals surface area contributed by atoms with E-state index in [1.807, 2.05) is 0 Å². The number of primary sulfonamides is 1. The number of ether oxygens (including phenoxy) is 1. The average Bonchev–Trinajstić information content (AvgIpc) is 2.38. The van der Waals surface area contributed by atoms with Gasteiger partial charge in [0.15, 0.2) is 0 Å². The predicted molar refractivity (Wildman–Crippen MR) is 70.6 cm³/mol. The third-order valence-electron chi connectivity index (χ3n) is 2.38. The number of amides is 1. The van der Waals surface area contributed by atoms with Crippen molar-refractivity contribution in [2.75, 3.05) is 0 Å². The quantitative estimate of drug-likeness (QED) is 0.854. The van der Waals surface area contributed by atoms with E-state index < -0.39 is 15.9 Å². The monoisotopic (exact) mass is 293 g/mol. The van der Waals surface area contributed by atoms with E-state index in [-0.39, 0.29) is 10.8 Å². The number of primary amides is 1. The van der Waals surface area contributed by atoms with Crippen molar-refractivity contribution in [2.24, 2.45) is 10.9 Å². The number of rotatable bonds is 4. The molecule has 0 aliphatic carbocycles. The van der Waals surface area contributed by atoms with E-state index >= 15 is 0 Å². The van der Waals surface area contributed by atoms with Crippen molar-refractivity contribution in [3.63, 3.8) is 0 Å². The van der Waals surface area contributed by atoms with Gasteiger partial charge in [-0.15, -0.1) is 0 Å². The minimum absolute atomic E-state index is 0.115. The second-order valence-corrected chi connectivity index (χ2v) is 5.43. The van der Waals surface area contributed by atoms with Gasteiger partial charge in [0.05, 0.1) is 6.20 Å². The number of benzene rings is 1. The Hall–Kier alpha value is -2.45. The fourth-order valence-corrected chi connectivity index (χ4v) is 1.89. The number of nitrogens with two attached hydrogens (primary N) is 2. The lowest BCUT2D eigenvalue weighted by Gasteiger charge is -2.06. The SMILES string of the molecule is NC(=O)c1cccc(Oc2ccc(S(N)(=O)=O)cn2)c1. The van der Waals surface area contributed by atoms with E-state index in [0.29, 0.717) is 11.3 Å². The third kappa shape index (κ3) is 3.31. The highest BCUT2D eigenvalue weighted by molar-refractivity contribution is 7.89. The van der Waals surface area contributed by atoms with E-state index in [9.17, 15) is 13.2 Å². The summed E-state index contributed by atoms with van der Waals surface area (Å²) in [5.74, 6) is -0.0517. The van der Waals surface area contributed by atoms with E-state index in [0.717, 1.165) is 6.20 Å². The van der Waals surface area contributed by atoms with Gasteiger partial charge in [-0.25, -0.2) is 18.5 Å². The smallest absolute Gasteiger partial charge is 0.248 e. The van der Waals surface area contributed by atoms with Crippen LogP contribution in [0.15, 0.2) is 47.5 Å². The van der Waals surface area contributed by atoms with Crippen LogP contribution in [0.1, 0.15) is 10.4 Å². The third-order valence-corrected chi connectivity index (χ3v) is 3.28. The first-order valence-electron chi connectivity index (χ1n) is 5.43. The molecule has 0 atom stereocenters. The van der Waals surface area contributed by atoms with Gasteiger partial charge in [-0.3, -0.25) is 4.79 Å². The van der Waals surface area contributed by atoms with Gasteiger partial charge in [0.1, 0.15) is 10.6 Å². The Labute approximate surface area is 115 Å². The highest BCUT2D eigenvalue weighted by Gasteiger charge is 2.09. The molecule has 1 aromatic carbocycles. The molecule has 1 heterocycles. The summed E-state index contributed by atoms with van der Waals surface area (Å²) in [6, 6.07) is 8.85. The Balaban J connectivity index is 2.22. The largest absolute Gasteiger partial charge is 0.439 e. The molecule has 0 bridgehead atoms. The van der Waals surface area contributed by atoms with Crippen LogP contribution in [0, 0.1) is 0 Å². The fraction of sp³-hybridized carbons (Fsp3) is 0. The molecule has 0 unspecified atom stereocenters. The second kappa shape index (κ2) is 5.27. The Morgan fingerprint density at radius 2 is 1.95 bits per heavy atom. The molecule has 0 aliphatic rings. The summed E-state index contributed by atoms with van der Waals surface area (Å²) in [5.41, 5.74) is 5.45. The topological polar surface area (TPSA) is 125 Å². The van der Waals surface area contributed by atoms with Gasteiger partial charge in [0, 0.05) is 11.6 Å². The van der Waals surface area contributed by atoms with Gasteiger partial charge in [0.25, 0.3) is 0 Å². The predicted octanol–water partition coefficient (Wildman–Crippen LogP) is 0.620. The van der Waals surface area contributed by atoms with Crippen molar-refractivity contribution in [2.45, 2.75) is 4.90 Å². The normalized spacial score (nSPS) is 11.1. The van der Waals surface area contributed by atoms with Crippen molar-refractivity contribution in [3.8, 4) is 11.6 Å². The van der Waals surface area contributed by atoms with Crippen LogP contribution in [0.25, 0.3) is 0 Å². The van der Waals surface area contributed by atoms with Gasteiger partial charge in [-0.2, -0.15) is 0 Å². The van der Waals surface area contributed by atoms with Crippen LogP contribution >= 0.6 is 0 Å². The summed E-state index contributed by atoms with van der Waals surface area (Å²) >= 11 is 0. The molecule has 0 saturated carbocycles. The Morgan fingerprint density at radius 3 is 2.50 bits per heavy atom. The van der Waals surface area contributed by atoms with Crippen LogP contribution in [-0.2, 0) is 10.0 Å². The van der Waals surface area contributed by atoms with Crippen molar-refractivity contribution >= 4 is 15.9 Å². The molecule has 4 N–H and O–H groups in total. The van der Waals surface area contributed by atoms with Gasteiger partial charge < -0.3 is 10.5 Å². The van der Waals surface area contributed by atoms with Crippen LogP contribution in [-0.4, -0.2) is 19.3 Å². The summed E-state index contributed by atoms with van der Waals surface area (Å²) in [5, 5.41) is 4.95. The fourth-order valence-electron chi connectivity index (χ4n) is 1.43. The van der Waals surface area contributed by atoms with E-state index in [4.69, 9.17) is 15.6 Å². The molecule has 7 nitrogen and oxygen atoms in total. The van der Waals surface area contributed by atoms with Crippen LogP contribution < -0.4 is 15.6 Å². The molecule has 0 aliphatic heterocycles. The van der Waals surface area contributed by atoms with E-state index in [2.05, 4.69) is 4.98 Å². The van der Waals surface area contributed by atoms with Crippen molar-refractivity contribution in [1.82, 2.24) is 4.98 Å². The van der Waals surface area contributed by atoms with Crippen LogP contribution in [0.3, 0.4) is 0 Å². The lowest BCUT2D eigenvalue weighted by Crippen LogP contribution is -2.12. The molecule has 1 aromatic heterocycles. The number of carbonyl (C=O) groups is 1. The van der Waals surface area contributed by atoms with Crippen molar-refractivity contribution in [3.05, 3.63) is 48.2 Å². The molecule has 20 heavy (non-hydrogen) atoms. The molecule has 0 fully saturated rings. The number of aromatic nitrogens is 1.